The van der Waals surface area contributed by atoms with Gasteiger partial charge in [-0.15, -0.1) is 0 Å². The third-order valence-corrected chi connectivity index (χ3v) is 5.97. The van der Waals surface area contributed by atoms with E-state index < -0.39 is 0 Å². The standard InChI is InChI=1S/C31H25N/c1-22-8-10-24(11-9-22)25-12-14-26(15-13-25)28-16-17-30(23(2)20-28)29-18-19-32-31(21-29)27-6-4-3-5-7-27/h3-21H,1-2H3. The van der Waals surface area contributed by atoms with Crippen molar-refractivity contribution in [2.75, 3.05) is 0 Å². The van der Waals surface area contributed by atoms with E-state index in [0.717, 1.165) is 11.3 Å². The van der Waals surface area contributed by atoms with Crippen LogP contribution < -0.4 is 0 Å². The molecule has 1 aromatic heterocycles. The highest BCUT2D eigenvalue weighted by Crippen LogP contribution is 2.31. The molecule has 0 atom stereocenters. The van der Waals surface area contributed by atoms with Crippen molar-refractivity contribution in [1.29, 1.82) is 0 Å². The Morgan fingerprint density at radius 1 is 0.469 bits per heavy atom. The quantitative estimate of drug-likeness (QED) is 0.289. The van der Waals surface area contributed by atoms with Gasteiger partial charge in [0.2, 0.25) is 0 Å². The molecule has 0 aliphatic heterocycles. The van der Waals surface area contributed by atoms with E-state index in [1.807, 2.05) is 24.4 Å². The normalized spacial score (nSPS) is 10.8. The fraction of sp³-hybridized carbons (Fsp3) is 0.0645. The summed E-state index contributed by atoms with van der Waals surface area (Å²) in [6.07, 6.45) is 1.90. The van der Waals surface area contributed by atoms with Gasteiger partial charge in [0, 0.05) is 11.8 Å². The van der Waals surface area contributed by atoms with Crippen LogP contribution in [0, 0.1) is 13.8 Å². The molecule has 0 aliphatic carbocycles. The number of benzene rings is 4. The van der Waals surface area contributed by atoms with Gasteiger partial charge in [-0.1, -0.05) is 103 Å². The molecule has 0 unspecified atom stereocenters. The van der Waals surface area contributed by atoms with E-state index in [2.05, 4.69) is 110 Å². The molecule has 1 nitrogen and oxygen atoms in total. The van der Waals surface area contributed by atoms with Crippen molar-refractivity contribution in [1.82, 2.24) is 4.98 Å². The van der Waals surface area contributed by atoms with Crippen molar-refractivity contribution in [2.24, 2.45) is 0 Å². The van der Waals surface area contributed by atoms with E-state index in [4.69, 9.17) is 0 Å². The minimum atomic E-state index is 0.998. The highest BCUT2D eigenvalue weighted by molar-refractivity contribution is 5.77. The molecule has 1 heterocycles. The zero-order chi connectivity index (χ0) is 21.9. The van der Waals surface area contributed by atoms with E-state index in [9.17, 15) is 0 Å². The molecule has 4 aromatic carbocycles. The van der Waals surface area contributed by atoms with E-state index in [1.54, 1.807) is 0 Å². The number of aryl methyl sites for hydroxylation is 2. The minimum Gasteiger partial charge on any atom is -0.256 e. The number of pyridine rings is 1. The van der Waals surface area contributed by atoms with Gasteiger partial charge in [-0.2, -0.15) is 0 Å². The lowest BCUT2D eigenvalue weighted by Crippen LogP contribution is -1.89. The van der Waals surface area contributed by atoms with Crippen LogP contribution in [0.3, 0.4) is 0 Å². The van der Waals surface area contributed by atoms with E-state index in [-0.39, 0.29) is 0 Å². The van der Waals surface area contributed by atoms with Gasteiger partial charge in [-0.25, -0.2) is 0 Å². The average Bonchev–Trinajstić information content (AvgIpc) is 2.85. The maximum Gasteiger partial charge on any atom is 0.0708 e. The Kier molecular flexibility index (Phi) is 5.39. The van der Waals surface area contributed by atoms with Gasteiger partial charge in [0.1, 0.15) is 0 Å². The van der Waals surface area contributed by atoms with Gasteiger partial charge in [0.05, 0.1) is 5.69 Å². The second kappa shape index (κ2) is 8.64. The molecular formula is C31H25N. The Balaban J connectivity index is 1.43. The highest BCUT2D eigenvalue weighted by atomic mass is 14.7. The van der Waals surface area contributed by atoms with E-state index >= 15 is 0 Å². The number of hydrogen-bond acceptors (Lipinski definition) is 1. The second-order valence-corrected chi connectivity index (χ2v) is 8.27. The Labute approximate surface area is 190 Å². The predicted molar refractivity (Wildman–Crippen MR) is 135 cm³/mol. The SMILES string of the molecule is Cc1ccc(-c2ccc(-c3ccc(-c4ccnc(-c5ccccc5)c4)c(C)c3)cc2)cc1. The van der Waals surface area contributed by atoms with E-state index in [1.165, 1.54) is 44.5 Å². The molecular weight excluding hydrogens is 386 g/mol. The lowest BCUT2D eigenvalue weighted by atomic mass is 9.94. The molecule has 32 heavy (non-hydrogen) atoms. The molecule has 5 aromatic rings. The Morgan fingerprint density at radius 3 is 1.72 bits per heavy atom. The van der Waals surface area contributed by atoms with E-state index in [0.29, 0.717) is 0 Å². The van der Waals surface area contributed by atoms with Crippen LogP contribution in [0.4, 0.5) is 0 Å². The molecule has 0 fully saturated rings. The first kappa shape index (κ1) is 20.0. The van der Waals surface area contributed by atoms with Crippen LogP contribution in [0.1, 0.15) is 11.1 Å². The van der Waals surface area contributed by atoms with Crippen LogP contribution >= 0.6 is 0 Å². The summed E-state index contributed by atoms with van der Waals surface area (Å²) >= 11 is 0. The maximum absolute atomic E-state index is 4.57. The van der Waals surface area contributed by atoms with Crippen molar-refractivity contribution in [2.45, 2.75) is 13.8 Å². The molecule has 0 N–H and O–H groups in total. The number of hydrogen-bond donors (Lipinski definition) is 0. The first-order chi connectivity index (χ1) is 15.7. The van der Waals surface area contributed by atoms with Crippen LogP contribution in [0.25, 0.3) is 44.6 Å². The van der Waals surface area contributed by atoms with Crippen LogP contribution in [-0.2, 0) is 0 Å². The van der Waals surface area contributed by atoms with Crippen molar-refractivity contribution in [3.63, 3.8) is 0 Å². The van der Waals surface area contributed by atoms with Crippen molar-refractivity contribution < 1.29 is 0 Å². The molecule has 154 valence electrons. The smallest absolute Gasteiger partial charge is 0.0708 e. The molecule has 0 radical (unpaired) electrons. The van der Waals surface area contributed by atoms with Crippen LogP contribution in [0.5, 0.6) is 0 Å². The van der Waals surface area contributed by atoms with Crippen LogP contribution in [0.15, 0.2) is 115 Å². The average molecular weight is 412 g/mol. The van der Waals surface area contributed by atoms with Gasteiger partial charge in [-0.3, -0.25) is 4.98 Å². The zero-order valence-electron chi connectivity index (χ0n) is 18.4. The Bertz CT molecular complexity index is 1350. The second-order valence-electron chi connectivity index (χ2n) is 8.27. The van der Waals surface area contributed by atoms with Crippen molar-refractivity contribution in [3.05, 3.63) is 127 Å². The molecule has 0 saturated carbocycles. The molecule has 5 rings (SSSR count). The third-order valence-electron chi connectivity index (χ3n) is 5.97. The minimum absolute atomic E-state index is 0.998. The molecule has 0 aliphatic rings. The van der Waals surface area contributed by atoms with Gasteiger partial charge in [0.15, 0.2) is 0 Å². The largest absolute Gasteiger partial charge is 0.256 e. The van der Waals surface area contributed by atoms with Gasteiger partial charge in [0.25, 0.3) is 0 Å². The number of nitrogens with zero attached hydrogens (tertiary/aromatic N) is 1. The summed E-state index contributed by atoms with van der Waals surface area (Å²) in [5.74, 6) is 0. The summed E-state index contributed by atoms with van der Waals surface area (Å²) in [7, 11) is 0. The number of aromatic nitrogens is 1. The van der Waals surface area contributed by atoms with Crippen LogP contribution in [-0.4, -0.2) is 4.98 Å². The Morgan fingerprint density at radius 2 is 1.06 bits per heavy atom. The summed E-state index contributed by atoms with van der Waals surface area (Å²) in [4.78, 5) is 4.57. The predicted octanol–water partition coefficient (Wildman–Crippen LogP) is 8.37. The van der Waals surface area contributed by atoms with Gasteiger partial charge < -0.3 is 0 Å². The molecule has 0 spiro atoms. The Hall–Kier alpha value is -3.97. The van der Waals surface area contributed by atoms with Gasteiger partial charge in [-0.05, 0) is 64.9 Å². The number of rotatable bonds is 4. The van der Waals surface area contributed by atoms with Crippen LogP contribution in [0.2, 0.25) is 0 Å². The lowest BCUT2D eigenvalue weighted by Gasteiger charge is -2.11. The molecule has 1 heteroatoms. The first-order valence-electron chi connectivity index (χ1n) is 11.0. The van der Waals surface area contributed by atoms with Crippen molar-refractivity contribution in [3.8, 4) is 44.6 Å². The monoisotopic (exact) mass is 411 g/mol. The zero-order valence-corrected chi connectivity index (χ0v) is 18.4. The fourth-order valence-corrected chi connectivity index (χ4v) is 4.13. The molecule has 0 saturated heterocycles. The summed E-state index contributed by atoms with van der Waals surface area (Å²) in [5.41, 5.74) is 12.1. The highest BCUT2D eigenvalue weighted by Gasteiger charge is 2.08. The third kappa shape index (κ3) is 4.10. The maximum atomic E-state index is 4.57. The summed E-state index contributed by atoms with van der Waals surface area (Å²) < 4.78 is 0. The lowest BCUT2D eigenvalue weighted by molar-refractivity contribution is 1.32. The summed E-state index contributed by atoms with van der Waals surface area (Å²) in [6, 6.07) is 38.8. The summed E-state index contributed by atoms with van der Waals surface area (Å²) in [6.45, 7) is 4.30. The summed E-state index contributed by atoms with van der Waals surface area (Å²) in [5, 5.41) is 0. The first-order valence-corrected chi connectivity index (χ1v) is 11.0. The van der Waals surface area contributed by atoms with Gasteiger partial charge >= 0.3 is 0 Å². The van der Waals surface area contributed by atoms with Crippen molar-refractivity contribution >= 4 is 0 Å². The fourth-order valence-electron chi connectivity index (χ4n) is 4.13. The molecule has 0 amide bonds. The topological polar surface area (TPSA) is 12.9 Å². The molecule has 0 bridgehead atoms.